The molecule has 0 saturated carbocycles. The highest BCUT2D eigenvalue weighted by Crippen LogP contribution is 2.19. The van der Waals surface area contributed by atoms with Gasteiger partial charge in [0.15, 0.2) is 0 Å². The van der Waals surface area contributed by atoms with Crippen LogP contribution in [-0.4, -0.2) is 24.5 Å². The van der Waals surface area contributed by atoms with Crippen molar-refractivity contribution >= 4 is 17.5 Å². The molecule has 27 heavy (non-hydrogen) atoms. The van der Waals surface area contributed by atoms with E-state index in [1.54, 1.807) is 45.0 Å². The highest BCUT2D eigenvalue weighted by molar-refractivity contribution is 6.02. The van der Waals surface area contributed by atoms with E-state index in [9.17, 15) is 18.4 Å². The second-order valence-electron chi connectivity index (χ2n) is 6.24. The lowest BCUT2D eigenvalue weighted by Crippen LogP contribution is -2.47. The summed E-state index contributed by atoms with van der Waals surface area (Å²) >= 11 is 0. The van der Waals surface area contributed by atoms with Gasteiger partial charge in [-0.15, -0.1) is 0 Å². The van der Waals surface area contributed by atoms with Gasteiger partial charge < -0.3 is 15.4 Å². The molecule has 0 aliphatic rings. The Balaban J connectivity index is 2.17. The summed E-state index contributed by atoms with van der Waals surface area (Å²) in [5.41, 5.74) is 0.141. The van der Waals surface area contributed by atoms with E-state index in [0.29, 0.717) is 24.0 Å². The van der Waals surface area contributed by atoms with E-state index >= 15 is 0 Å². The number of hydrogen-bond acceptors (Lipinski definition) is 3. The first-order valence-electron chi connectivity index (χ1n) is 8.62. The monoisotopic (exact) mass is 376 g/mol. The van der Waals surface area contributed by atoms with Crippen LogP contribution < -0.4 is 15.4 Å². The first kappa shape index (κ1) is 20.4. The number of ether oxygens (including phenoxy) is 1. The molecule has 0 aliphatic carbocycles. The first-order valence-corrected chi connectivity index (χ1v) is 8.62. The lowest BCUT2D eigenvalue weighted by Gasteiger charge is -2.22. The molecule has 7 heteroatoms. The van der Waals surface area contributed by atoms with Gasteiger partial charge >= 0.3 is 0 Å². The van der Waals surface area contributed by atoms with Crippen molar-refractivity contribution in [3.8, 4) is 5.75 Å². The molecule has 0 unspecified atom stereocenters. The SMILES string of the molecule is CCOc1ccccc1C(=O)N[C@H](C(=O)Nc1ccc(F)cc1F)C(C)C. The highest BCUT2D eigenvalue weighted by atomic mass is 19.1. The van der Waals surface area contributed by atoms with Gasteiger partial charge in [-0.2, -0.15) is 0 Å². The molecule has 2 rings (SSSR count). The largest absolute Gasteiger partial charge is 0.493 e. The Morgan fingerprint density at radius 1 is 1.11 bits per heavy atom. The maximum atomic E-state index is 13.8. The molecule has 0 bridgehead atoms. The quantitative estimate of drug-likeness (QED) is 0.773. The van der Waals surface area contributed by atoms with Gasteiger partial charge in [-0.25, -0.2) is 8.78 Å². The predicted octanol–water partition coefficient (Wildman–Crippen LogP) is 3.76. The fourth-order valence-electron chi connectivity index (χ4n) is 2.49. The van der Waals surface area contributed by atoms with E-state index in [0.717, 1.165) is 12.1 Å². The zero-order valence-electron chi connectivity index (χ0n) is 15.4. The van der Waals surface area contributed by atoms with Crippen LogP contribution in [0.4, 0.5) is 14.5 Å². The van der Waals surface area contributed by atoms with Crippen molar-refractivity contribution in [2.24, 2.45) is 5.92 Å². The summed E-state index contributed by atoms with van der Waals surface area (Å²) in [6.07, 6.45) is 0. The molecule has 2 aromatic rings. The number of nitrogens with one attached hydrogen (secondary N) is 2. The number of anilines is 1. The topological polar surface area (TPSA) is 67.4 Å². The molecular weight excluding hydrogens is 354 g/mol. The van der Waals surface area contributed by atoms with Gasteiger partial charge in [-0.1, -0.05) is 26.0 Å². The van der Waals surface area contributed by atoms with Gasteiger partial charge in [0.2, 0.25) is 5.91 Å². The number of para-hydroxylation sites is 1. The molecule has 2 aromatic carbocycles. The Kier molecular flexibility index (Phi) is 6.87. The normalized spacial score (nSPS) is 11.8. The number of hydrogen-bond donors (Lipinski definition) is 2. The van der Waals surface area contributed by atoms with E-state index in [-0.39, 0.29) is 11.6 Å². The van der Waals surface area contributed by atoms with Gasteiger partial charge in [0.1, 0.15) is 23.4 Å². The number of benzene rings is 2. The maximum absolute atomic E-state index is 13.8. The fourth-order valence-corrected chi connectivity index (χ4v) is 2.49. The molecular formula is C20H22F2N2O3. The third-order valence-electron chi connectivity index (χ3n) is 3.86. The van der Waals surface area contributed by atoms with E-state index < -0.39 is 29.5 Å². The van der Waals surface area contributed by atoms with Gasteiger partial charge in [-0.05, 0) is 37.1 Å². The molecule has 5 nitrogen and oxygen atoms in total. The zero-order chi connectivity index (χ0) is 20.0. The van der Waals surface area contributed by atoms with Crippen molar-refractivity contribution in [1.29, 1.82) is 0 Å². The van der Waals surface area contributed by atoms with E-state index in [4.69, 9.17) is 4.74 Å². The molecule has 2 N–H and O–H groups in total. The number of carbonyl (C=O) groups is 2. The van der Waals surface area contributed by atoms with E-state index in [1.165, 1.54) is 0 Å². The summed E-state index contributed by atoms with van der Waals surface area (Å²) < 4.78 is 32.2. The van der Waals surface area contributed by atoms with Crippen LogP contribution in [0, 0.1) is 17.6 Å². The second kappa shape index (κ2) is 9.12. The summed E-state index contributed by atoms with van der Waals surface area (Å²) in [4.78, 5) is 25.2. The van der Waals surface area contributed by atoms with Crippen LogP contribution in [-0.2, 0) is 4.79 Å². The summed E-state index contributed by atoms with van der Waals surface area (Å²) in [6, 6.07) is 8.62. The highest BCUT2D eigenvalue weighted by Gasteiger charge is 2.26. The summed E-state index contributed by atoms with van der Waals surface area (Å²) in [5, 5.41) is 5.04. The minimum atomic E-state index is -0.920. The van der Waals surface area contributed by atoms with Gasteiger partial charge in [0.05, 0.1) is 17.9 Å². The van der Waals surface area contributed by atoms with Crippen LogP contribution in [0.15, 0.2) is 42.5 Å². The third kappa shape index (κ3) is 5.26. The first-order chi connectivity index (χ1) is 12.8. The summed E-state index contributed by atoms with van der Waals surface area (Å²) in [5.74, 6) is -2.57. The van der Waals surface area contributed by atoms with Gasteiger partial charge in [0, 0.05) is 6.07 Å². The average molecular weight is 376 g/mol. The molecule has 0 aromatic heterocycles. The molecule has 1 atom stereocenters. The van der Waals surface area contributed by atoms with Crippen molar-refractivity contribution in [2.45, 2.75) is 26.8 Å². The Hall–Kier alpha value is -2.96. The number of carbonyl (C=O) groups excluding carboxylic acids is 2. The van der Waals surface area contributed by atoms with Crippen LogP contribution in [0.3, 0.4) is 0 Å². The van der Waals surface area contributed by atoms with Crippen molar-refractivity contribution in [1.82, 2.24) is 5.32 Å². The van der Waals surface area contributed by atoms with Crippen LogP contribution in [0.25, 0.3) is 0 Å². The maximum Gasteiger partial charge on any atom is 0.255 e. The van der Waals surface area contributed by atoms with Crippen LogP contribution in [0.5, 0.6) is 5.75 Å². The van der Waals surface area contributed by atoms with Crippen molar-refractivity contribution in [2.75, 3.05) is 11.9 Å². The Morgan fingerprint density at radius 3 is 2.44 bits per heavy atom. The Labute approximate surface area is 156 Å². The minimum absolute atomic E-state index is 0.156. The number of rotatable bonds is 7. The molecule has 0 fully saturated rings. The third-order valence-corrected chi connectivity index (χ3v) is 3.86. The lowest BCUT2D eigenvalue weighted by atomic mass is 10.0. The van der Waals surface area contributed by atoms with E-state index in [1.807, 2.05) is 0 Å². The average Bonchev–Trinajstić information content (AvgIpc) is 2.62. The summed E-state index contributed by atoms with van der Waals surface area (Å²) in [6.45, 7) is 5.69. The zero-order valence-corrected chi connectivity index (χ0v) is 15.4. The molecule has 0 aliphatic heterocycles. The summed E-state index contributed by atoms with van der Waals surface area (Å²) in [7, 11) is 0. The second-order valence-corrected chi connectivity index (χ2v) is 6.24. The molecule has 2 amide bonds. The van der Waals surface area contributed by atoms with Crippen LogP contribution >= 0.6 is 0 Å². The predicted molar refractivity (Wildman–Crippen MR) is 98.7 cm³/mol. The van der Waals surface area contributed by atoms with Crippen molar-refractivity contribution < 1.29 is 23.1 Å². The number of amides is 2. The smallest absolute Gasteiger partial charge is 0.255 e. The standard InChI is InChI=1S/C20H22F2N2O3/c1-4-27-17-8-6-5-7-14(17)19(25)24-18(12(2)3)20(26)23-16-10-9-13(21)11-15(16)22/h5-12,18H,4H2,1-3H3,(H,23,26)(H,24,25)/t18-/m0/s1. The fraction of sp³-hybridized carbons (Fsp3) is 0.300. The Bertz CT molecular complexity index is 825. The molecule has 144 valence electrons. The lowest BCUT2D eigenvalue weighted by molar-refractivity contribution is -0.118. The molecule has 0 radical (unpaired) electrons. The van der Waals surface area contributed by atoms with Gasteiger partial charge in [-0.3, -0.25) is 9.59 Å². The molecule has 0 spiro atoms. The Morgan fingerprint density at radius 2 is 1.81 bits per heavy atom. The minimum Gasteiger partial charge on any atom is -0.493 e. The van der Waals surface area contributed by atoms with E-state index in [2.05, 4.69) is 10.6 Å². The van der Waals surface area contributed by atoms with Crippen molar-refractivity contribution in [3.63, 3.8) is 0 Å². The van der Waals surface area contributed by atoms with Crippen LogP contribution in [0.1, 0.15) is 31.1 Å². The van der Waals surface area contributed by atoms with Crippen molar-refractivity contribution in [3.05, 3.63) is 59.7 Å². The molecule has 0 heterocycles. The van der Waals surface area contributed by atoms with Crippen LogP contribution in [0.2, 0.25) is 0 Å². The number of halogens is 2. The molecule has 0 saturated heterocycles. The van der Waals surface area contributed by atoms with Gasteiger partial charge in [0.25, 0.3) is 5.91 Å².